The van der Waals surface area contributed by atoms with Gasteiger partial charge in [-0.15, -0.1) is 5.10 Å². The molecule has 1 saturated carbocycles. The second-order valence-electron chi connectivity index (χ2n) is 5.41. The molecule has 1 saturated heterocycles. The average molecular weight is 248 g/mol. The second kappa shape index (κ2) is 4.80. The molecule has 0 radical (unpaired) electrons. The summed E-state index contributed by atoms with van der Waals surface area (Å²) in [7, 11) is 0. The van der Waals surface area contributed by atoms with Crippen molar-refractivity contribution in [2.75, 3.05) is 0 Å². The largest absolute Gasteiger partial charge is 0.304 e. The van der Waals surface area contributed by atoms with Gasteiger partial charge in [-0.2, -0.15) is 0 Å². The highest BCUT2D eigenvalue weighted by atomic mass is 16.1. The van der Waals surface area contributed by atoms with Gasteiger partial charge in [0.05, 0.1) is 12.2 Å². The summed E-state index contributed by atoms with van der Waals surface area (Å²) in [4.78, 5) is 12.5. The van der Waals surface area contributed by atoms with Crippen molar-refractivity contribution in [1.29, 1.82) is 0 Å². The number of carbonyl (C=O) groups is 1. The SMILES string of the molecule is CCn1nncc1C(=O)C1CC2CCCCC2N1. The van der Waals surface area contributed by atoms with Gasteiger partial charge in [-0.1, -0.05) is 18.1 Å². The van der Waals surface area contributed by atoms with E-state index < -0.39 is 0 Å². The van der Waals surface area contributed by atoms with Crippen LogP contribution in [0.15, 0.2) is 6.20 Å². The number of fused-ring (bicyclic) bond motifs is 1. The molecule has 2 fully saturated rings. The minimum atomic E-state index is -0.0260. The van der Waals surface area contributed by atoms with E-state index in [1.54, 1.807) is 10.9 Å². The molecule has 0 amide bonds. The second-order valence-corrected chi connectivity index (χ2v) is 5.41. The molecule has 0 spiro atoms. The molecule has 3 unspecified atom stereocenters. The van der Waals surface area contributed by atoms with Gasteiger partial charge in [0, 0.05) is 12.6 Å². The summed E-state index contributed by atoms with van der Waals surface area (Å²) in [6.07, 6.45) is 7.68. The molecule has 5 heteroatoms. The number of aromatic nitrogens is 3. The zero-order valence-corrected chi connectivity index (χ0v) is 10.8. The Morgan fingerprint density at radius 3 is 3.11 bits per heavy atom. The predicted octanol–water partition coefficient (Wildman–Crippen LogP) is 1.40. The van der Waals surface area contributed by atoms with Crippen LogP contribution in [0.4, 0.5) is 0 Å². The van der Waals surface area contributed by atoms with Crippen molar-refractivity contribution in [3.63, 3.8) is 0 Å². The Kier molecular flexibility index (Phi) is 3.16. The van der Waals surface area contributed by atoms with Crippen molar-refractivity contribution in [1.82, 2.24) is 20.3 Å². The van der Waals surface area contributed by atoms with Crippen LogP contribution < -0.4 is 5.32 Å². The molecule has 1 aliphatic heterocycles. The van der Waals surface area contributed by atoms with Gasteiger partial charge < -0.3 is 5.32 Å². The molecule has 5 nitrogen and oxygen atoms in total. The Morgan fingerprint density at radius 1 is 1.50 bits per heavy atom. The molecule has 2 heterocycles. The number of nitrogens with one attached hydrogen (secondary N) is 1. The summed E-state index contributed by atoms with van der Waals surface area (Å²) in [5.74, 6) is 0.856. The monoisotopic (exact) mass is 248 g/mol. The number of rotatable bonds is 3. The highest BCUT2D eigenvalue weighted by Crippen LogP contribution is 2.33. The van der Waals surface area contributed by atoms with E-state index in [-0.39, 0.29) is 11.8 Å². The molecular formula is C13H20N4O. The molecule has 0 bridgehead atoms. The van der Waals surface area contributed by atoms with Crippen LogP contribution in [0.1, 0.15) is 49.5 Å². The number of hydrogen-bond donors (Lipinski definition) is 1. The van der Waals surface area contributed by atoms with E-state index in [2.05, 4.69) is 15.6 Å². The lowest BCUT2D eigenvalue weighted by atomic mass is 9.85. The van der Waals surface area contributed by atoms with Crippen LogP contribution in [-0.2, 0) is 6.54 Å². The zero-order valence-electron chi connectivity index (χ0n) is 10.8. The first kappa shape index (κ1) is 11.8. The van der Waals surface area contributed by atoms with Crippen LogP contribution >= 0.6 is 0 Å². The summed E-state index contributed by atoms with van der Waals surface area (Å²) in [5, 5.41) is 11.3. The van der Waals surface area contributed by atoms with Crippen LogP contribution in [0, 0.1) is 5.92 Å². The Bertz CT molecular complexity index is 428. The Balaban J connectivity index is 1.74. The third-order valence-corrected chi connectivity index (χ3v) is 4.35. The zero-order chi connectivity index (χ0) is 12.5. The summed E-state index contributed by atoms with van der Waals surface area (Å²) in [6, 6.07) is 0.528. The van der Waals surface area contributed by atoms with E-state index in [1.807, 2.05) is 6.92 Å². The minimum absolute atomic E-state index is 0.0260. The van der Waals surface area contributed by atoms with Crippen molar-refractivity contribution < 1.29 is 4.79 Å². The molecule has 2 aliphatic rings. The Morgan fingerprint density at radius 2 is 2.33 bits per heavy atom. The van der Waals surface area contributed by atoms with Crippen molar-refractivity contribution in [2.24, 2.45) is 5.92 Å². The lowest BCUT2D eigenvalue weighted by Crippen LogP contribution is -2.37. The molecular weight excluding hydrogens is 228 g/mol. The van der Waals surface area contributed by atoms with Crippen LogP contribution in [0.2, 0.25) is 0 Å². The third kappa shape index (κ3) is 1.96. The predicted molar refractivity (Wildman–Crippen MR) is 67.3 cm³/mol. The van der Waals surface area contributed by atoms with Gasteiger partial charge in [-0.25, -0.2) is 4.68 Å². The summed E-state index contributed by atoms with van der Waals surface area (Å²) in [6.45, 7) is 2.67. The summed E-state index contributed by atoms with van der Waals surface area (Å²) in [5.41, 5.74) is 0.647. The van der Waals surface area contributed by atoms with Crippen LogP contribution in [0.25, 0.3) is 0 Å². The molecule has 1 N–H and O–H groups in total. The van der Waals surface area contributed by atoms with Gasteiger partial charge in [-0.05, 0) is 32.1 Å². The fourth-order valence-corrected chi connectivity index (χ4v) is 3.38. The van der Waals surface area contributed by atoms with Gasteiger partial charge in [0.2, 0.25) is 0 Å². The molecule has 1 aliphatic carbocycles. The van der Waals surface area contributed by atoms with E-state index in [9.17, 15) is 4.79 Å². The van der Waals surface area contributed by atoms with E-state index in [0.29, 0.717) is 24.2 Å². The molecule has 1 aromatic rings. The van der Waals surface area contributed by atoms with Gasteiger partial charge in [0.1, 0.15) is 5.69 Å². The van der Waals surface area contributed by atoms with Gasteiger partial charge >= 0.3 is 0 Å². The molecule has 18 heavy (non-hydrogen) atoms. The van der Waals surface area contributed by atoms with Crippen molar-refractivity contribution in [2.45, 2.75) is 57.7 Å². The third-order valence-electron chi connectivity index (χ3n) is 4.35. The maximum absolute atomic E-state index is 12.5. The first-order chi connectivity index (χ1) is 8.79. The van der Waals surface area contributed by atoms with Crippen molar-refractivity contribution in [3.05, 3.63) is 11.9 Å². The van der Waals surface area contributed by atoms with Crippen LogP contribution in [0.3, 0.4) is 0 Å². The highest BCUT2D eigenvalue weighted by Gasteiger charge is 2.39. The van der Waals surface area contributed by atoms with E-state index in [4.69, 9.17) is 0 Å². The fourth-order valence-electron chi connectivity index (χ4n) is 3.38. The van der Waals surface area contributed by atoms with Crippen LogP contribution in [0.5, 0.6) is 0 Å². The van der Waals surface area contributed by atoms with E-state index in [1.165, 1.54) is 25.7 Å². The smallest absolute Gasteiger partial charge is 0.199 e. The van der Waals surface area contributed by atoms with Crippen molar-refractivity contribution >= 4 is 5.78 Å². The van der Waals surface area contributed by atoms with Crippen molar-refractivity contribution in [3.8, 4) is 0 Å². The normalized spacial score (nSPS) is 31.3. The minimum Gasteiger partial charge on any atom is -0.304 e. The average Bonchev–Trinajstić information content (AvgIpc) is 3.03. The van der Waals surface area contributed by atoms with E-state index in [0.717, 1.165) is 6.42 Å². The molecule has 3 rings (SSSR count). The molecule has 0 aromatic carbocycles. The quantitative estimate of drug-likeness (QED) is 0.821. The maximum atomic E-state index is 12.5. The number of ketones is 1. The maximum Gasteiger partial charge on any atom is 0.199 e. The number of aryl methyl sites for hydroxylation is 1. The summed E-state index contributed by atoms with van der Waals surface area (Å²) < 4.78 is 1.69. The first-order valence-electron chi connectivity index (χ1n) is 6.98. The Labute approximate surface area is 107 Å². The molecule has 3 atom stereocenters. The lowest BCUT2D eigenvalue weighted by Gasteiger charge is -2.24. The standard InChI is InChI=1S/C13H20N4O/c1-2-17-12(8-14-16-17)13(18)11-7-9-5-3-4-6-10(9)15-11/h8-11,15H,2-7H2,1H3. The number of nitrogens with zero attached hydrogens (tertiary/aromatic N) is 3. The lowest BCUT2D eigenvalue weighted by molar-refractivity contribution is 0.0938. The first-order valence-corrected chi connectivity index (χ1v) is 6.98. The molecule has 98 valence electrons. The van der Waals surface area contributed by atoms with Gasteiger partial charge in [0.25, 0.3) is 0 Å². The summed E-state index contributed by atoms with van der Waals surface area (Å²) >= 11 is 0. The van der Waals surface area contributed by atoms with Gasteiger partial charge in [-0.3, -0.25) is 4.79 Å². The Hall–Kier alpha value is -1.23. The van der Waals surface area contributed by atoms with Crippen LogP contribution in [-0.4, -0.2) is 32.9 Å². The van der Waals surface area contributed by atoms with E-state index >= 15 is 0 Å². The number of Topliss-reactive ketones (excluding diaryl/α,β-unsaturated/α-hetero) is 1. The van der Waals surface area contributed by atoms with Gasteiger partial charge in [0.15, 0.2) is 5.78 Å². The fraction of sp³-hybridized carbons (Fsp3) is 0.769. The highest BCUT2D eigenvalue weighted by molar-refractivity contribution is 5.98. The number of carbonyl (C=O) groups excluding carboxylic acids is 1. The molecule has 1 aromatic heterocycles. The number of hydrogen-bond acceptors (Lipinski definition) is 4. The topological polar surface area (TPSA) is 59.8 Å².